The summed E-state index contributed by atoms with van der Waals surface area (Å²) in [5.41, 5.74) is 5.73. The van der Waals surface area contributed by atoms with Crippen LogP contribution in [0.2, 0.25) is 0 Å². The zero-order chi connectivity index (χ0) is 25.1. The lowest BCUT2D eigenvalue weighted by molar-refractivity contribution is 0.388. The topological polar surface area (TPSA) is 93.8 Å². The molecule has 0 atom stereocenters. The summed E-state index contributed by atoms with van der Waals surface area (Å²) < 4.78 is 6.46. The van der Waals surface area contributed by atoms with E-state index in [-0.39, 0.29) is 5.56 Å². The predicted octanol–water partition coefficient (Wildman–Crippen LogP) is 5.09. The van der Waals surface area contributed by atoms with E-state index in [0.29, 0.717) is 30.1 Å². The Morgan fingerprint density at radius 2 is 1.64 bits per heavy atom. The molecule has 0 aliphatic rings. The highest BCUT2D eigenvalue weighted by molar-refractivity contribution is 5.81. The molecular formula is C29H26N4O3. The molecule has 0 spiro atoms. The van der Waals surface area contributed by atoms with Gasteiger partial charge in [0.1, 0.15) is 5.82 Å². The summed E-state index contributed by atoms with van der Waals surface area (Å²) >= 11 is 0. The summed E-state index contributed by atoms with van der Waals surface area (Å²) in [4.78, 5) is 33.0. The van der Waals surface area contributed by atoms with Gasteiger partial charge in [0.25, 0.3) is 5.56 Å². The van der Waals surface area contributed by atoms with E-state index in [1.165, 1.54) is 0 Å². The number of rotatable bonds is 7. The minimum atomic E-state index is -0.617. The lowest BCUT2D eigenvalue weighted by atomic mass is 9.94. The summed E-state index contributed by atoms with van der Waals surface area (Å²) in [7, 11) is 0. The zero-order valence-corrected chi connectivity index (χ0v) is 20.2. The Bertz CT molecular complexity index is 1620. The second-order valence-corrected chi connectivity index (χ2v) is 8.68. The fourth-order valence-electron chi connectivity index (χ4n) is 4.54. The van der Waals surface area contributed by atoms with Crippen molar-refractivity contribution in [2.45, 2.75) is 33.1 Å². The maximum absolute atomic E-state index is 13.8. The molecule has 0 saturated heterocycles. The number of aromatic nitrogens is 4. The Labute approximate surface area is 208 Å². The average molecular weight is 479 g/mol. The molecule has 1 N–H and O–H groups in total. The molecule has 2 heterocycles. The lowest BCUT2D eigenvalue weighted by Gasteiger charge is -2.16. The Balaban J connectivity index is 1.65. The number of H-pyrrole nitrogens is 1. The van der Waals surface area contributed by atoms with Gasteiger partial charge in [-0.2, -0.15) is 0 Å². The smallest absolute Gasteiger partial charge is 0.296 e. The van der Waals surface area contributed by atoms with Gasteiger partial charge in [0.05, 0.1) is 11.4 Å². The van der Waals surface area contributed by atoms with Gasteiger partial charge >= 0.3 is 5.76 Å². The van der Waals surface area contributed by atoms with E-state index >= 15 is 0 Å². The van der Waals surface area contributed by atoms with Crippen LogP contribution in [0, 0.1) is 6.92 Å². The first-order valence-corrected chi connectivity index (χ1v) is 12.0. The molecule has 5 rings (SSSR count). The monoisotopic (exact) mass is 478 g/mol. The average Bonchev–Trinajstić information content (AvgIpc) is 3.33. The predicted molar refractivity (Wildman–Crippen MR) is 139 cm³/mol. The first-order chi connectivity index (χ1) is 17.5. The van der Waals surface area contributed by atoms with Gasteiger partial charge in [-0.15, -0.1) is 0 Å². The third-order valence-electron chi connectivity index (χ3n) is 6.18. The van der Waals surface area contributed by atoms with Crippen LogP contribution in [0.15, 0.2) is 93.0 Å². The third-order valence-corrected chi connectivity index (χ3v) is 6.18. The standard InChI is InChI=1S/C29H26N4O3/c1-3-10-26-25(28(34)33(19(2)30-26)22-13-8-5-9-14-22)18-20-15-16-23(21-11-6-4-7-12-21)24(17-20)27-31-29(35)36-32-27/h4-9,11-17H,3,10,18H2,1-2H3,(H,31,32,35). The first-order valence-electron chi connectivity index (χ1n) is 12.0. The van der Waals surface area contributed by atoms with E-state index in [9.17, 15) is 9.59 Å². The van der Waals surface area contributed by atoms with E-state index in [4.69, 9.17) is 9.51 Å². The highest BCUT2D eigenvalue weighted by Crippen LogP contribution is 2.31. The fourth-order valence-corrected chi connectivity index (χ4v) is 4.54. The van der Waals surface area contributed by atoms with E-state index in [2.05, 4.69) is 17.1 Å². The highest BCUT2D eigenvalue weighted by Gasteiger charge is 2.18. The van der Waals surface area contributed by atoms with Crippen LogP contribution in [0.4, 0.5) is 0 Å². The maximum atomic E-state index is 13.8. The molecule has 0 fully saturated rings. The van der Waals surface area contributed by atoms with E-state index in [1.807, 2.05) is 85.8 Å². The van der Waals surface area contributed by atoms with Gasteiger partial charge in [-0.25, -0.2) is 9.78 Å². The Morgan fingerprint density at radius 1 is 0.917 bits per heavy atom. The molecule has 7 heteroatoms. The van der Waals surface area contributed by atoms with Gasteiger partial charge in [-0.3, -0.25) is 18.9 Å². The van der Waals surface area contributed by atoms with Crippen molar-refractivity contribution in [2.75, 3.05) is 0 Å². The van der Waals surface area contributed by atoms with Gasteiger partial charge in [-0.05, 0) is 48.2 Å². The molecule has 0 amide bonds. The number of hydrogen-bond acceptors (Lipinski definition) is 5. The van der Waals surface area contributed by atoms with Crippen molar-refractivity contribution in [1.29, 1.82) is 0 Å². The molecule has 36 heavy (non-hydrogen) atoms. The van der Waals surface area contributed by atoms with E-state index in [1.54, 1.807) is 4.57 Å². The molecule has 7 nitrogen and oxygen atoms in total. The number of benzene rings is 3. The molecule has 0 bridgehead atoms. The third kappa shape index (κ3) is 4.55. The second kappa shape index (κ2) is 10.00. The Morgan fingerprint density at radius 3 is 2.31 bits per heavy atom. The van der Waals surface area contributed by atoms with Crippen molar-refractivity contribution in [2.24, 2.45) is 0 Å². The SMILES string of the molecule is CCCc1nc(C)n(-c2ccccc2)c(=O)c1Cc1ccc(-c2ccccc2)c(-c2noc(=O)[nH]2)c1. The summed E-state index contributed by atoms with van der Waals surface area (Å²) in [6, 6.07) is 25.4. The van der Waals surface area contributed by atoms with Crippen LogP contribution in [0.1, 0.15) is 36.0 Å². The van der Waals surface area contributed by atoms with Crippen LogP contribution in [0.5, 0.6) is 0 Å². The summed E-state index contributed by atoms with van der Waals surface area (Å²) in [6.45, 7) is 3.95. The molecule has 0 aliphatic heterocycles. The molecule has 3 aromatic carbocycles. The Kier molecular flexibility index (Phi) is 6.45. The van der Waals surface area contributed by atoms with Gasteiger partial charge < -0.3 is 0 Å². The summed E-state index contributed by atoms with van der Waals surface area (Å²) in [5.74, 6) is 0.394. The van der Waals surface area contributed by atoms with Gasteiger partial charge in [0.15, 0.2) is 5.82 Å². The van der Waals surface area contributed by atoms with Gasteiger partial charge in [0, 0.05) is 17.5 Å². The van der Waals surface area contributed by atoms with Crippen LogP contribution in [-0.2, 0) is 12.8 Å². The minimum absolute atomic E-state index is 0.0688. The Hall–Kier alpha value is -4.52. The number of aromatic amines is 1. The highest BCUT2D eigenvalue weighted by atomic mass is 16.5. The quantitative estimate of drug-likeness (QED) is 0.351. The number of nitrogens with one attached hydrogen (secondary N) is 1. The van der Waals surface area contributed by atoms with Crippen LogP contribution in [0.25, 0.3) is 28.2 Å². The van der Waals surface area contributed by atoms with Crippen LogP contribution in [0.3, 0.4) is 0 Å². The van der Waals surface area contributed by atoms with Crippen molar-refractivity contribution in [3.8, 4) is 28.2 Å². The lowest BCUT2D eigenvalue weighted by Crippen LogP contribution is -2.28. The fraction of sp³-hybridized carbons (Fsp3) is 0.172. The summed E-state index contributed by atoms with van der Waals surface area (Å²) in [6.07, 6.45) is 2.00. The van der Waals surface area contributed by atoms with Crippen LogP contribution in [-0.4, -0.2) is 19.7 Å². The maximum Gasteiger partial charge on any atom is 0.439 e. The molecule has 0 aliphatic carbocycles. The first kappa shape index (κ1) is 23.2. The van der Waals surface area contributed by atoms with E-state index in [0.717, 1.165) is 40.1 Å². The van der Waals surface area contributed by atoms with Crippen molar-refractivity contribution >= 4 is 0 Å². The molecule has 0 unspecified atom stereocenters. The van der Waals surface area contributed by atoms with E-state index < -0.39 is 5.76 Å². The molecule has 0 radical (unpaired) electrons. The zero-order valence-electron chi connectivity index (χ0n) is 20.2. The van der Waals surface area contributed by atoms with Crippen molar-refractivity contribution in [3.63, 3.8) is 0 Å². The van der Waals surface area contributed by atoms with Gasteiger partial charge in [0.2, 0.25) is 0 Å². The molecule has 2 aromatic heterocycles. The van der Waals surface area contributed by atoms with Crippen LogP contribution < -0.4 is 11.3 Å². The van der Waals surface area contributed by atoms with Crippen molar-refractivity contribution in [3.05, 3.63) is 122 Å². The summed E-state index contributed by atoms with van der Waals surface area (Å²) in [5, 5.41) is 3.93. The number of para-hydroxylation sites is 1. The second-order valence-electron chi connectivity index (χ2n) is 8.68. The van der Waals surface area contributed by atoms with Crippen LogP contribution >= 0.6 is 0 Å². The number of hydrogen-bond donors (Lipinski definition) is 1. The minimum Gasteiger partial charge on any atom is -0.296 e. The number of nitrogens with zero attached hydrogens (tertiary/aromatic N) is 3. The normalized spacial score (nSPS) is 11.1. The molecule has 0 saturated carbocycles. The molecular weight excluding hydrogens is 452 g/mol. The van der Waals surface area contributed by atoms with Crippen molar-refractivity contribution in [1.82, 2.24) is 19.7 Å². The van der Waals surface area contributed by atoms with Crippen molar-refractivity contribution < 1.29 is 4.52 Å². The van der Waals surface area contributed by atoms with Gasteiger partial charge in [-0.1, -0.05) is 79.2 Å². The molecule has 5 aromatic rings. The number of aryl methyl sites for hydroxylation is 2. The molecule has 180 valence electrons. The largest absolute Gasteiger partial charge is 0.439 e.